The number of carbonyl (C=O) groups is 1. The number of methoxy groups -OCH3 is 1. The van der Waals surface area contributed by atoms with Crippen LogP contribution in [0.1, 0.15) is 5.56 Å². The van der Waals surface area contributed by atoms with Crippen LogP contribution >= 0.6 is 23.4 Å². The van der Waals surface area contributed by atoms with Crippen LogP contribution in [0.15, 0.2) is 58.5 Å². The third kappa shape index (κ3) is 4.03. The van der Waals surface area contributed by atoms with E-state index >= 15 is 0 Å². The molecule has 1 heterocycles. The highest BCUT2D eigenvalue weighted by molar-refractivity contribution is 7.98. The number of esters is 1. The molecule has 0 amide bonds. The van der Waals surface area contributed by atoms with Gasteiger partial charge in [0.15, 0.2) is 5.16 Å². The number of benzene rings is 2. The molecule has 7 heteroatoms. The first-order chi connectivity index (χ1) is 12.1. The summed E-state index contributed by atoms with van der Waals surface area (Å²) in [5.41, 5.74) is 1.34. The van der Waals surface area contributed by atoms with Crippen molar-refractivity contribution in [2.45, 2.75) is 17.5 Å². The molecule has 0 aliphatic carbocycles. The van der Waals surface area contributed by atoms with E-state index in [1.165, 1.54) is 23.4 Å². The standard InChI is InChI=1S/C18H15ClN2O3S/c1-24-16(22)10-21-17(23)14-7-2-3-8-15(14)20-18(21)25-11-12-5-4-6-13(19)9-12/h2-9H,10-11H2,1H3. The molecule has 1 aromatic heterocycles. The van der Waals surface area contributed by atoms with Crippen molar-refractivity contribution in [3.8, 4) is 0 Å². The number of para-hydroxylation sites is 1. The molecule has 3 rings (SSSR count). The van der Waals surface area contributed by atoms with E-state index in [0.717, 1.165) is 5.56 Å². The van der Waals surface area contributed by atoms with Crippen molar-refractivity contribution < 1.29 is 9.53 Å². The number of rotatable bonds is 5. The maximum absolute atomic E-state index is 12.7. The van der Waals surface area contributed by atoms with Gasteiger partial charge in [-0.1, -0.05) is 47.6 Å². The van der Waals surface area contributed by atoms with Crippen molar-refractivity contribution in [3.05, 3.63) is 69.5 Å². The number of halogens is 1. The largest absolute Gasteiger partial charge is 0.468 e. The molecule has 0 saturated carbocycles. The lowest BCUT2D eigenvalue weighted by molar-refractivity contribution is -0.141. The second kappa shape index (κ2) is 7.72. The predicted octanol–water partition coefficient (Wildman–Crippen LogP) is 3.52. The Morgan fingerprint density at radius 1 is 1.24 bits per heavy atom. The fourth-order valence-electron chi connectivity index (χ4n) is 2.37. The number of hydrogen-bond donors (Lipinski definition) is 0. The smallest absolute Gasteiger partial charge is 0.325 e. The van der Waals surface area contributed by atoms with Gasteiger partial charge in [0.1, 0.15) is 6.54 Å². The van der Waals surface area contributed by atoms with Gasteiger partial charge in [-0.05, 0) is 29.8 Å². The molecule has 0 N–H and O–H groups in total. The van der Waals surface area contributed by atoms with Crippen LogP contribution < -0.4 is 5.56 Å². The quantitative estimate of drug-likeness (QED) is 0.388. The van der Waals surface area contributed by atoms with Crippen molar-refractivity contribution in [2.75, 3.05) is 7.11 Å². The van der Waals surface area contributed by atoms with E-state index < -0.39 is 5.97 Å². The SMILES string of the molecule is COC(=O)Cn1c(SCc2cccc(Cl)c2)nc2ccccc2c1=O. The molecule has 128 valence electrons. The van der Waals surface area contributed by atoms with Crippen LogP contribution in [0.5, 0.6) is 0 Å². The highest BCUT2D eigenvalue weighted by atomic mass is 35.5. The van der Waals surface area contributed by atoms with Crippen LogP contribution in [0.2, 0.25) is 5.02 Å². The van der Waals surface area contributed by atoms with Crippen molar-refractivity contribution in [1.29, 1.82) is 0 Å². The average molecular weight is 375 g/mol. The number of carbonyl (C=O) groups excluding carboxylic acids is 1. The van der Waals surface area contributed by atoms with E-state index in [0.29, 0.717) is 26.8 Å². The Morgan fingerprint density at radius 2 is 2.04 bits per heavy atom. The number of thioether (sulfide) groups is 1. The molecule has 0 aliphatic rings. The van der Waals surface area contributed by atoms with Gasteiger partial charge >= 0.3 is 5.97 Å². The minimum absolute atomic E-state index is 0.176. The number of fused-ring (bicyclic) bond motifs is 1. The Bertz CT molecular complexity index is 987. The topological polar surface area (TPSA) is 61.2 Å². The normalized spacial score (nSPS) is 10.8. The number of aromatic nitrogens is 2. The van der Waals surface area contributed by atoms with Gasteiger partial charge in [-0.25, -0.2) is 4.98 Å². The summed E-state index contributed by atoms with van der Waals surface area (Å²) in [6.45, 7) is -0.176. The van der Waals surface area contributed by atoms with Crippen molar-refractivity contribution in [1.82, 2.24) is 9.55 Å². The Morgan fingerprint density at radius 3 is 2.80 bits per heavy atom. The summed E-state index contributed by atoms with van der Waals surface area (Å²) in [6.07, 6.45) is 0. The zero-order valence-electron chi connectivity index (χ0n) is 13.4. The zero-order valence-corrected chi connectivity index (χ0v) is 15.0. The van der Waals surface area contributed by atoms with Gasteiger partial charge < -0.3 is 4.74 Å². The number of hydrogen-bond acceptors (Lipinski definition) is 5. The lowest BCUT2D eigenvalue weighted by Gasteiger charge is -2.12. The molecule has 2 aromatic carbocycles. The fourth-order valence-corrected chi connectivity index (χ4v) is 3.52. The van der Waals surface area contributed by atoms with E-state index in [9.17, 15) is 9.59 Å². The second-order valence-corrected chi connectivity index (χ2v) is 6.68. The molecule has 0 aliphatic heterocycles. The summed E-state index contributed by atoms with van der Waals surface area (Å²) in [7, 11) is 1.29. The summed E-state index contributed by atoms with van der Waals surface area (Å²) in [5.74, 6) is 0.0794. The molecule has 0 atom stereocenters. The highest BCUT2D eigenvalue weighted by Gasteiger charge is 2.14. The van der Waals surface area contributed by atoms with Gasteiger partial charge in [0.2, 0.25) is 0 Å². The van der Waals surface area contributed by atoms with Crippen LogP contribution in [0.25, 0.3) is 10.9 Å². The molecule has 0 bridgehead atoms. The Balaban J connectivity index is 2.00. The minimum Gasteiger partial charge on any atom is -0.468 e. The molecule has 0 spiro atoms. The lowest BCUT2D eigenvalue weighted by atomic mass is 10.2. The first kappa shape index (κ1) is 17.5. The van der Waals surface area contributed by atoms with Gasteiger partial charge in [-0.3, -0.25) is 14.2 Å². The van der Waals surface area contributed by atoms with Gasteiger partial charge in [0, 0.05) is 10.8 Å². The summed E-state index contributed by atoms with van der Waals surface area (Å²) in [4.78, 5) is 29.0. The Kier molecular flexibility index (Phi) is 5.40. The average Bonchev–Trinajstić information content (AvgIpc) is 2.62. The third-order valence-corrected chi connectivity index (χ3v) is 4.88. The maximum Gasteiger partial charge on any atom is 0.325 e. The van der Waals surface area contributed by atoms with E-state index in [4.69, 9.17) is 16.3 Å². The first-order valence-electron chi connectivity index (χ1n) is 7.52. The van der Waals surface area contributed by atoms with Gasteiger partial charge in [-0.2, -0.15) is 0 Å². The predicted molar refractivity (Wildman–Crippen MR) is 99.0 cm³/mol. The number of nitrogens with zero attached hydrogens (tertiary/aromatic N) is 2. The summed E-state index contributed by atoms with van der Waals surface area (Å²) in [6, 6.07) is 14.6. The highest BCUT2D eigenvalue weighted by Crippen LogP contribution is 2.23. The van der Waals surface area contributed by atoms with E-state index in [1.54, 1.807) is 24.3 Å². The Labute approximate surface area is 153 Å². The summed E-state index contributed by atoms with van der Waals surface area (Å²) >= 11 is 7.38. The molecule has 25 heavy (non-hydrogen) atoms. The fraction of sp³-hybridized carbons (Fsp3) is 0.167. The first-order valence-corrected chi connectivity index (χ1v) is 8.88. The molecule has 0 fully saturated rings. The molecular formula is C18H15ClN2O3S. The lowest BCUT2D eigenvalue weighted by Crippen LogP contribution is -2.27. The minimum atomic E-state index is -0.496. The van der Waals surface area contributed by atoms with Crippen LogP contribution in [0, 0.1) is 0 Å². The molecule has 5 nitrogen and oxygen atoms in total. The third-order valence-electron chi connectivity index (χ3n) is 3.60. The van der Waals surface area contributed by atoms with E-state index in [1.807, 2.05) is 24.3 Å². The van der Waals surface area contributed by atoms with Gasteiger partial charge in [-0.15, -0.1) is 0 Å². The number of ether oxygens (including phenoxy) is 1. The summed E-state index contributed by atoms with van der Waals surface area (Å²) in [5, 5.41) is 1.59. The van der Waals surface area contributed by atoms with Gasteiger partial charge in [0.25, 0.3) is 5.56 Å². The van der Waals surface area contributed by atoms with Gasteiger partial charge in [0.05, 0.1) is 18.0 Å². The van der Waals surface area contributed by atoms with Crippen LogP contribution in [0.4, 0.5) is 0 Å². The second-order valence-electron chi connectivity index (χ2n) is 5.30. The Hall–Kier alpha value is -2.31. The van der Waals surface area contributed by atoms with Crippen molar-refractivity contribution >= 4 is 40.2 Å². The molecule has 0 radical (unpaired) electrons. The molecular weight excluding hydrogens is 360 g/mol. The van der Waals surface area contributed by atoms with Crippen molar-refractivity contribution in [3.63, 3.8) is 0 Å². The summed E-state index contributed by atoms with van der Waals surface area (Å²) < 4.78 is 6.05. The monoisotopic (exact) mass is 374 g/mol. The van der Waals surface area contributed by atoms with E-state index in [2.05, 4.69) is 4.98 Å². The van der Waals surface area contributed by atoms with Crippen LogP contribution in [-0.2, 0) is 21.8 Å². The van der Waals surface area contributed by atoms with Crippen LogP contribution in [0.3, 0.4) is 0 Å². The van der Waals surface area contributed by atoms with Crippen LogP contribution in [-0.4, -0.2) is 22.6 Å². The molecule has 3 aromatic rings. The maximum atomic E-state index is 12.7. The molecule has 0 unspecified atom stereocenters. The van der Waals surface area contributed by atoms with E-state index in [-0.39, 0.29) is 12.1 Å². The zero-order chi connectivity index (χ0) is 17.8. The van der Waals surface area contributed by atoms with Crippen molar-refractivity contribution in [2.24, 2.45) is 0 Å². The molecule has 0 saturated heterocycles.